The van der Waals surface area contributed by atoms with Crippen molar-refractivity contribution in [2.75, 3.05) is 5.32 Å². The van der Waals surface area contributed by atoms with Gasteiger partial charge in [0, 0.05) is 18.2 Å². The van der Waals surface area contributed by atoms with Gasteiger partial charge >= 0.3 is 0 Å². The van der Waals surface area contributed by atoms with E-state index in [9.17, 15) is 9.18 Å². The first-order valence-electron chi connectivity index (χ1n) is 6.88. The Labute approximate surface area is 113 Å². The number of halogens is 1. The summed E-state index contributed by atoms with van der Waals surface area (Å²) in [6, 6.07) is 4.74. The molecule has 0 radical (unpaired) electrons. The quantitative estimate of drug-likeness (QED) is 0.881. The number of amides is 1. The summed E-state index contributed by atoms with van der Waals surface area (Å²) in [6.45, 7) is 1.68. The third-order valence-corrected chi connectivity index (χ3v) is 3.86. The zero-order valence-corrected chi connectivity index (χ0v) is 11.3. The van der Waals surface area contributed by atoms with Crippen molar-refractivity contribution in [2.24, 2.45) is 11.7 Å². The number of hydrogen-bond donors (Lipinski definition) is 2. The highest BCUT2D eigenvalue weighted by Gasteiger charge is 2.24. The average molecular weight is 264 g/mol. The predicted molar refractivity (Wildman–Crippen MR) is 74.3 cm³/mol. The van der Waals surface area contributed by atoms with Crippen LogP contribution in [0.2, 0.25) is 0 Å². The first-order chi connectivity index (χ1) is 9.06. The van der Waals surface area contributed by atoms with Gasteiger partial charge in [0.2, 0.25) is 5.91 Å². The molecule has 3 N–H and O–H groups in total. The van der Waals surface area contributed by atoms with Crippen molar-refractivity contribution in [2.45, 2.75) is 45.1 Å². The van der Waals surface area contributed by atoms with E-state index in [4.69, 9.17) is 5.73 Å². The average Bonchev–Trinajstić information content (AvgIpc) is 2.37. The van der Waals surface area contributed by atoms with Crippen molar-refractivity contribution < 1.29 is 9.18 Å². The lowest BCUT2D eigenvalue weighted by molar-refractivity contribution is -0.117. The fourth-order valence-electron chi connectivity index (χ4n) is 2.66. The lowest BCUT2D eigenvalue weighted by atomic mass is 9.83. The lowest BCUT2D eigenvalue weighted by Gasteiger charge is -2.27. The molecule has 2 unspecified atom stereocenters. The standard InChI is InChI=1S/C15H21FN2O/c1-10-8-12(6-7-13(10)16)18-15(19)9-11-4-2-3-5-14(11)17/h6-8,11,14H,2-5,9,17H2,1H3,(H,18,19). The summed E-state index contributed by atoms with van der Waals surface area (Å²) in [5, 5.41) is 2.82. The Kier molecular flexibility index (Phi) is 4.53. The maximum Gasteiger partial charge on any atom is 0.224 e. The third-order valence-electron chi connectivity index (χ3n) is 3.86. The molecule has 2 rings (SSSR count). The van der Waals surface area contributed by atoms with Crippen LogP contribution in [0.3, 0.4) is 0 Å². The first kappa shape index (κ1) is 14.0. The van der Waals surface area contributed by atoms with Crippen molar-refractivity contribution >= 4 is 11.6 Å². The third kappa shape index (κ3) is 3.77. The van der Waals surface area contributed by atoms with Crippen molar-refractivity contribution in [3.8, 4) is 0 Å². The summed E-state index contributed by atoms with van der Waals surface area (Å²) in [6.07, 6.45) is 4.81. The van der Waals surface area contributed by atoms with Crippen molar-refractivity contribution in [3.05, 3.63) is 29.6 Å². The maximum atomic E-state index is 13.1. The smallest absolute Gasteiger partial charge is 0.224 e. The number of benzene rings is 1. The Balaban J connectivity index is 1.91. The first-order valence-corrected chi connectivity index (χ1v) is 6.88. The Morgan fingerprint density at radius 2 is 2.16 bits per heavy atom. The number of carbonyl (C=O) groups excluding carboxylic acids is 1. The zero-order valence-electron chi connectivity index (χ0n) is 11.3. The summed E-state index contributed by atoms with van der Waals surface area (Å²) in [7, 11) is 0. The van der Waals surface area contributed by atoms with Gasteiger partial charge < -0.3 is 11.1 Å². The van der Waals surface area contributed by atoms with Crippen LogP contribution >= 0.6 is 0 Å². The van der Waals surface area contributed by atoms with E-state index in [-0.39, 0.29) is 23.7 Å². The van der Waals surface area contributed by atoms with Gasteiger partial charge in [0.25, 0.3) is 0 Å². The molecule has 0 heterocycles. The van der Waals surface area contributed by atoms with Crippen molar-refractivity contribution in [1.29, 1.82) is 0 Å². The Hall–Kier alpha value is -1.42. The highest BCUT2D eigenvalue weighted by molar-refractivity contribution is 5.90. The second-order valence-electron chi connectivity index (χ2n) is 5.42. The van der Waals surface area contributed by atoms with Gasteiger partial charge in [-0.25, -0.2) is 4.39 Å². The topological polar surface area (TPSA) is 55.1 Å². The number of hydrogen-bond acceptors (Lipinski definition) is 2. The molecular weight excluding hydrogens is 243 g/mol. The molecule has 1 saturated carbocycles. The number of aryl methyl sites for hydroxylation is 1. The van der Waals surface area contributed by atoms with Crippen LogP contribution in [-0.2, 0) is 4.79 Å². The molecule has 3 nitrogen and oxygen atoms in total. The molecule has 104 valence electrons. The number of rotatable bonds is 3. The van der Waals surface area contributed by atoms with E-state index in [1.54, 1.807) is 19.1 Å². The van der Waals surface area contributed by atoms with Crippen LogP contribution in [0, 0.1) is 18.7 Å². The van der Waals surface area contributed by atoms with Crippen LogP contribution in [0.15, 0.2) is 18.2 Å². The molecule has 1 fully saturated rings. The number of nitrogens with one attached hydrogen (secondary N) is 1. The largest absolute Gasteiger partial charge is 0.327 e. The molecule has 1 aliphatic carbocycles. The molecule has 0 saturated heterocycles. The normalized spacial score (nSPS) is 23.1. The van der Waals surface area contributed by atoms with E-state index in [2.05, 4.69) is 5.32 Å². The molecule has 2 atom stereocenters. The maximum absolute atomic E-state index is 13.1. The van der Waals surface area contributed by atoms with Crippen LogP contribution in [0.1, 0.15) is 37.7 Å². The van der Waals surface area contributed by atoms with E-state index < -0.39 is 0 Å². The predicted octanol–water partition coefficient (Wildman–Crippen LogP) is 2.98. The molecule has 0 aromatic heterocycles. The molecule has 19 heavy (non-hydrogen) atoms. The summed E-state index contributed by atoms with van der Waals surface area (Å²) in [5.41, 5.74) is 7.22. The van der Waals surface area contributed by atoms with Gasteiger partial charge in [-0.05, 0) is 49.4 Å². The van der Waals surface area contributed by atoms with E-state index in [1.165, 1.54) is 6.07 Å². The highest BCUT2D eigenvalue weighted by atomic mass is 19.1. The fourth-order valence-corrected chi connectivity index (χ4v) is 2.66. The number of anilines is 1. The van der Waals surface area contributed by atoms with E-state index in [0.29, 0.717) is 17.7 Å². The fraction of sp³-hybridized carbons (Fsp3) is 0.533. The van der Waals surface area contributed by atoms with Gasteiger partial charge in [0.05, 0.1) is 0 Å². The van der Waals surface area contributed by atoms with E-state index in [1.807, 2.05) is 0 Å². The SMILES string of the molecule is Cc1cc(NC(=O)CC2CCCCC2N)ccc1F. The van der Waals surface area contributed by atoms with E-state index >= 15 is 0 Å². The molecule has 4 heteroatoms. The van der Waals surface area contributed by atoms with Crippen LogP contribution in [0.5, 0.6) is 0 Å². The van der Waals surface area contributed by atoms with Crippen LogP contribution < -0.4 is 11.1 Å². The second kappa shape index (κ2) is 6.15. The number of nitrogens with two attached hydrogens (primary N) is 1. The Bertz CT molecular complexity index is 461. The minimum absolute atomic E-state index is 0.0339. The summed E-state index contributed by atoms with van der Waals surface area (Å²) >= 11 is 0. The monoisotopic (exact) mass is 264 g/mol. The van der Waals surface area contributed by atoms with Crippen LogP contribution in [0.25, 0.3) is 0 Å². The minimum Gasteiger partial charge on any atom is -0.327 e. The van der Waals surface area contributed by atoms with E-state index in [0.717, 1.165) is 25.7 Å². The molecule has 0 aliphatic heterocycles. The molecule has 1 amide bonds. The summed E-state index contributed by atoms with van der Waals surface area (Å²) in [5.74, 6) is -0.0176. The van der Waals surface area contributed by atoms with Gasteiger partial charge in [-0.3, -0.25) is 4.79 Å². The van der Waals surface area contributed by atoms with Gasteiger partial charge in [-0.1, -0.05) is 12.8 Å². The van der Waals surface area contributed by atoms with Gasteiger partial charge in [-0.15, -0.1) is 0 Å². The van der Waals surface area contributed by atoms with Gasteiger partial charge in [0.1, 0.15) is 5.82 Å². The highest BCUT2D eigenvalue weighted by Crippen LogP contribution is 2.26. The molecule has 0 spiro atoms. The Morgan fingerprint density at radius 3 is 2.84 bits per heavy atom. The summed E-state index contributed by atoms with van der Waals surface area (Å²) < 4.78 is 13.1. The second-order valence-corrected chi connectivity index (χ2v) is 5.42. The van der Waals surface area contributed by atoms with Crippen molar-refractivity contribution in [3.63, 3.8) is 0 Å². The van der Waals surface area contributed by atoms with Crippen molar-refractivity contribution in [1.82, 2.24) is 0 Å². The zero-order chi connectivity index (χ0) is 13.8. The van der Waals surface area contributed by atoms with Crippen LogP contribution in [-0.4, -0.2) is 11.9 Å². The number of carbonyl (C=O) groups is 1. The van der Waals surface area contributed by atoms with Gasteiger partial charge in [0.15, 0.2) is 0 Å². The molecule has 0 bridgehead atoms. The van der Waals surface area contributed by atoms with Gasteiger partial charge in [-0.2, -0.15) is 0 Å². The molecule has 1 aromatic rings. The lowest BCUT2D eigenvalue weighted by Crippen LogP contribution is -2.35. The molecular formula is C15H21FN2O. The molecule has 1 aromatic carbocycles. The Morgan fingerprint density at radius 1 is 1.42 bits per heavy atom. The molecule has 1 aliphatic rings. The summed E-state index contributed by atoms with van der Waals surface area (Å²) in [4.78, 5) is 12.0. The van der Waals surface area contributed by atoms with Crippen LogP contribution in [0.4, 0.5) is 10.1 Å². The minimum atomic E-state index is -0.257.